The number of amides is 1. The maximum Gasteiger partial charge on any atom is 0.224 e. The summed E-state index contributed by atoms with van der Waals surface area (Å²) in [6, 6.07) is 15.6. The Balaban J connectivity index is 1.95. The number of methoxy groups -OCH3 is 1. The number of ether oxygens (including phenoxy) is 2. The number of nitrogens with one attached hydrogen (secondary N) is 2. The Morgan fingerprint density at radius 1 is 1.10 bits per heavy atom. The molecule has 0 aliphatic rings. The highest BCUT2D eigenvalue weighted by atomic mass is 16.5. The SMILES string of the molecule is CCNC(=NCCC(=O)N(C)Cc1ccccc1)Nc1ccc(OC)c(OCC)c1. The molecule has 0 bridgehead atoms. The monoisotopic (exact) mass is 412 g/mol. The van der Waals surface area contributed by atoms with E-state index < -0.39 is 0 Å². The van der Waals surface area contributed by atoms with E-state index in [9.17, 15) is 4.79 Å². The fourth-order valence-electron chi connectivity index (χ4n) is 2.87. The molecule has 2 aromatic carbocycles. The average Bonchev–Trinajstić information content (AvgIpc) is 2.75. The standard InChI is InChI=1S/C23H32N4O3/c1-5-24-23(26-19-12-13-20(29-4)21(16-19)30-6-2)25-15-14-22(28)27(3)17-18-10-8-7-9-11-18/h7-13,16H,5-6,14-15,17H2,1-4H3,(H2,24,25,26). The van der Waals surface area contributed by atoms with Crippen molar-refractivity contribution in [3.05, 3.63) is 54.1 Å². The Kier molecular flexibility index (Phi) is 9.51. The average molecular weight is 413 g/mol. The Morgan fingerprint density at radius 3 is 2.53 bits per heavy atom. The van der Waals surface area contributed by atoms with Crippen molar-refractivity contribution in [3.8, 4) is 11.5 Å². The summed E-state index contributed by atoms with van der Waals surface area (Å²) in [7, 11) is 3.43. The molecule has 2 rings (SSSR count). The summed E-state index contributed by atoms with van der Waals surface area (Å²) in [5.41, 5.74) is 1.93. The number of aliphatic imine (C=N–C) groups is 1. The zero-order valence-corrected chi connectivity index (χ0v) is 18.3. The molecule has 7 nitrogen and oxygen atoms in total. The van der Waals surface area contributed by atoms with Crippen LogP contribution in [0.2, 0.25) is 0 Å². The van der Waals surface area contributed by atoms with Gasteiger partial charge in [-0.1, -0.05) is 30.3 Å². The van der Waals surface area contributed by atoms with E-state index in [4.69, 9.17) is 9.47 Å². The zero-order valence-electron chi connectivity index (χ0n) is 18.3. The highest BCUT2D eigenvalue weighted by Crippen LogP contribution is 2.30. The molecule has 0 fully saturated rings. The number of carbonyl (C=O) groups is 1. The van der Waals surface area contributed by atoms with Crippen LogP contribution in [0, 0.1) is 0 Å². The number of rotatable bonds is 10. The fraction of sp³-hybridized carbons (Fsp3) is 0.391. The molecule has 0 radical (unpaired) electrons. The van der Waals surface area contributed by atoms with Gasteiger partial charge >= 0.3 is 0 Å². The number of carbonyl (C=O) groups excluding carboxylic acids is 1. The molecular formula is C23H32N4O3. The number of hydrogen-bond donors (Lipinski definition) is 2. The summed E-state index contributed by atoms with van der Waals surface area (Å²) in [5.74, 6) is 2.01. The van der Waals surface area contributed by atoms with Gasteiger partial charge in [0.25, 0.3) is 0 Å². The lowest BCUT2D eigenvalue weighted by molar-refractivity contribution is -0.130. The van der Waals surface area contributed by atoms with Crippen LogP contribution >= 0.6 is 0 Å². The van der Waals surface area contributed by atoms with E-state index in [1.54, 1.807) is 12.0 Å². The molecule has 0 aliphatic heterocycles. The highest BCUT2D eigenvalue weighted by Gasteiger charge is 2.10. The zero-order chi connectivity index (χ0) is 21.8. The van der Waals surface area contributed by atoms with E-state index in [1.165, 1.54) is 0 Å². The molecule has 1 amide bonds. The van der Waals surface area contributed by atoms with E-state index in [1.807, 2.05) is 69.4 Å². The van der Waals surface area contributed by atoms with Crippen molar-refractivity contribution in [1.29, 1.82) is 0 Å². The summed E-state index contributed by atoms with van der Waals surface area (Å²) in [5, 5.41) is 6.45. The molecule has 0 saturated carbocycles. The second kappa shape index (κ2) is 12.4. The smallest absolute Gasteiger partial charge is 0.224 e. The van der Waals surface area contributed by atoms with Crippen LogP contribution in [0.4, 0.5) is 5.69 Å². The Labute approximate surface area is 179 Å². The van der Waals surface area contributed by atoms with E-state index >= 15 is 0 Å². The van der Waals surface area contributed by atoms with Crippen molar-refractivity contribution in [1.82, 2.24) is 10.2 Å². The van der Waals surface area contributed by atoms with Gasteiger partial charge in [-0.2, -0.15) is 0 Å². The fourth-order valence-corrected chi connectivity index (χ4v) is 2.87. The van der Waals surface area contributed by atoms with Gasteiger partial charge in [0.1, 0.15) is 0 Å². The van der Waals surface area contributed by atoms with Crippen molar-refractivity contribution < 1.29 is 14.3 Å². The predicted octanol–water partition coefficient (Wildman–Crippen LogP) is 3.52. The van der Waals surface area contributed by atoms with Gasteiger partial charge in [0.05, 0.1) is 20.3 Å². The molecule has 7 heteroatoms. The number of anilines is 1. The minimum atomic E-state index is 0.0570. The summed E-state index contributed by atoms with van der Waals surface area (Å²) in [6.07, 6.45) is 0.340. The predicted molar refractivity (Wildman–Crippen MR) is 121 cm³/mol. The van der Waals surface area contributed by atoms with Crippen molar-refractivity contribution in [2.45, 2.75) is 26.8 Å². The summed E-state index contributed by atoms with van der Waals surface area (Å²) < 4.78 is 10.9. The number of nitrogens with zero attached hydrogens (tertiary/aromatic N) is 2. The van der Waals surface area contributed by atoms with Crippen molar-refractivity contribution in [2.24, 2.45) is 4.99 Å². The first-order valence-electron chi connectivity index (χ1n) is 10.2. The lowest BCUT2D eigenvalue weighted by Crippen LogP contribution is -2.31. The number of guanidine groups is 1. The van der Waals surface area contributed by atoms with Crippen molar-refractivity contribution in [2.75, 3.05) is 39.2 Å². The number of benzene rings is 2. The van der Waals surface area contributed by atoms with Crippen LogP contribution in [0.3, 0.4) is 0 Å². The van der Waals surface area contributed by atoms with Gasteiger partial charge < -0.3 is 25.0 Å². The maximum absolute atomic E-state index is 12.4. The maximum atomic E-state index is 12.4. The van der Waals surface area contributed by atoms with Gasteiger partial charge in [0, 0.05) is 38.3 Å². The molecule has 0 aromatic heterocycles. The first kappa shape index (κ1) is 23.1. The first-order chi connectivity index (χ1) is 14.6. The molecule has 0 aliphatic carbocycles. The van der Waals surface area contributed by atoms with Gasteiger partial charge in [0.15, 0.2) is 17.5 Å². The summed E-state index contributed by atoms with van der Waals surface area (Å²) in [6.45, 7) is 6.16. The van der Waals surface area contributed by atoms with E-state index in [-0.39, 0.29) is 5.91 Å². The van der Waals surface area contributed by atoms with Crippen LogP contribution < -0.4 is 20.1 Å². The third-order valence-electron chi connectivity index (χ3n) is 4.35. The quantitative estimate of drug-likeness (QED) is 0.461. The lowest BCUT2D eigenvalue weighted by Gasteiger charge is -2.17. The third kappa shape index (κ3) is 7.31. The molecule has 2 aromatic rings. The van der Waals surface area contributed by atoms with Crippen LogP contribution in [-0.2, 0) is 11.3 Å². The lowest BCUT2D eigenvalue weighted by atomic mass is 10.2. The Bertz CT molecular complexity index is 824. The van der Waals surface area contributed by atoms with Crippen LogP contribution in [0.5, 0.6) is 11.5 Å². The highest BCUT2D eigenvalue weighted by molar-refractivity contribution is 5.94. The van der Waals surface area contributed by atoms with Crippen LogP contribution in [0.15, 0.2) is 53.5 Å². The molecule has 0 unspecified atom stereocenters. The van der Waals surface area contributed by atoms with Crippen LogP contribution in [0.1, 0.15) is 25.8 Å². The molecule has 162 valence electrons. The van der Waals surface area contributed by atoms with E-state index in [0.717, 1.165) is 11.3 Å². The van der Waals surface area contributed by atoms with Crippen molar-refractivity contribution in [3.63, 3.8) is 0 Å². The van der Waals surface area contributed by atoms with Gasteiger partial charge in [0.2, 0.25) is 5.91 Å². The molecule has 0 saturated heterocycles. The normalized spacial score (nSPS) is 11.0. The van der Waals surface area contributed by atoms with E-state index in [2.05, 4.69) is 15.6 Å². The van der Waals surface area contributed by atoms with Crippen molar-refractivity contribution >= 4 is 17.6 Å². The molecule has 2 N–H and O–H groups in total. The Morgan fingerprint density at radius 2 is 1.87 bits per heavy atom. The summed E-state index contributed by atoms with van der Waals surface area (Å²) in [4.78, 5) is 18.7. The molecular weight excluding hydrogens is 380 g/mol. The topological polar surface area (TPSA) is 75.2 Å². The van der Waals surface area contributed by atoms with Gasteiger partial charge in [-0.3, -0.25) is 9.79 Å². The summed E-state index contributed by atoms with van der Waals surface area (Å²) >= 11 is 0. The molecule has 0 heterocycles. The molecule has 0 atom stereocenters. The largest absolute Gasteiger partial charge is 0.493 e. The van der Waals surface area contributed by atoms with Crippen LogP contribution in [-0.4, -0.2) is 50.6 Å². The van der Waals surface area contributed by atoms with E-state index in [0.29, 0.717) is 50.1 Å². The van der Waals surface area contributed by atoms with Gasteiger partial charge in [-0.25, -0.2) is 0 Å². The third-order valence-corrected chi connectivity index (χ3v) is 4.35. The minimum Gasteiger partial charge on any atom is -0.493 e. The van der Waals surface area contributed by atoms with Gasteiger partial charge in [-0.15, -0.1) is 0 Å². The minimum absolute atomic E-state index is 0.0570. The second-order valence-electron chi connectivity index (χ2n) is 6.67. The second-order valence-corrected chi connectivity index (χ2v) is 6.67. The van der Waals surface area contributed by atoms with Crippen LogP contribution in [0.25, 0.3) is 0 Å². The first-order valence-corrected chi connectivity index (χ1v) is 10.2. The Hall–Kier alpha value is -3.22. The molecule has 30 heavy (non-hydrogen) atoms. The van der Waals surface area contributed by atoms with Gasteiger partial charge in [-0.05, 0) is 31.5 Å². The number of hydrogen-bond acceptors (Lipinski definition) is 4. The molecule has 0 spiro atoms.